The molecule has 0 amide bonds. The first kappa shape index (κ1) is 10.2. The predicted octanol–water partition coefficient (Wildman–Crippen LogP) is 1.18. The molecule has 78 valence electrons. The standard InChI is InChI=1S/C12H15N3/c1-9(15-12-7-14-8-12)11-4-2-10(6-13)3-5-11/h2-5,9,12,14-15H,7-8H2,1H3. The molecule has 1 fully saturated rings. The van der Waals surface area contributed by atoms with Gasteiger partial charge in [0.25, 0.3) is 0 Å². The van der Waals surface area contributed by atoms with Crippen LogP contribution in [0.3, 0.4) is 0 Å². The first-order chi connectivity index (χ1) is 7.29. The largest absolute Gasteiger partial charge is 0.314 e. The smallest absolute Gasteiger partial charge is 0.0991 e. The highest BCUT2D eigenvalue weighted by Crippen LogP contribution is 2.14. The second-order valence-electron chi connectivity index (χ2n) is 3.98. The molecular formula is C12H15N3. The van der Waals surface area contributed by atoms with Crippen molar-refractivity contribution < 1.29 is 0 Å². The summed E-state index contributed by atoms with van der Waals surface area (Å²) in [6.07, 6.45) is 0. The molecule has 3 nitrogen and oxygen atoms in total. The molecule has 1 aliphatic heterocycles. The zero-order valence-electron chi connectivity index (χ0n) is 8.83. The quantitative estimate of drug-likeness (QED) is 0.772. The van der Waals surface area contributed by atoms with Crippen LogP contribution in [0, 0.1) is 11.3 Å². The lowest BCUT2D eigenvalue weighted by Gasteiger charge is -2.31. The van der Waals surface area contributed by atoms with Crippen LogP contribution in [0.5, 0.6) is 0 Å². The van der Waals surface area contributed by atoms with Crippen LogP contribution < -0.4 is 10.6 Å². The molecule has 0 saturated carbocycles. The van der Waals surface area contributed by atoms with Crippen LogP contribution in [0.15, 0.2) is 24.3 Å². The highest BCUT2D eigenvalue weighted by Gasteiger charge is 2.18. The average Bonchev–Trinajstić information content (AvgIpc) is 2.23. The number of rotatable bonds is 3. The van der Waals surface area contributed by atoms with Crippen LogP contribution >= 0.6 is 0 Å². The van der Waals surface area contributed by atoms with Gasteiger partial charge in [0.05, 0.1) is 11.6 Å². The summed E-state index contributed by atoms with van der Waals surface area (Å²) in [5.41, 5.74) is 1.96. The molecule has 1 heterocycles. The molecule has 1 aromatic rings. The maximum absolute atomic E-state index is 8.69. The van der Waals surface area contributed by atoms with Gasteiger partial charge in [-0.05, 0) is 24.6 Å². The summed E-state index contributed by atoms with van der Waals surface area (Å²) in [6.45, 7) is 4.26. The van der Waals surface area contributed by atoms with Gasteiger partial charge in [0.2, 0.25) is 0 Å². The summed E-state index contributed by atoms with van der Waals surface area (Å²) in [6, 6.07) is 10.8. The summed E-state index contributed by atoms with van der Waals surface area (Å²) in [4.78, 5) is 0. The Balaban J connectivity index is 1.98. The van der Waals surface area contributed by atoms with Gasteiger partial charge >= 0.3 is 0 Å². The number of nitrogens with one attached hydrogen (secondary N) is 2. The Labute approximate surface area is 90.1 Å². The van der Waals surface area contributed by atoms with E-state index in [1.165, 1.54) is 5.56 Å². The number of hydrogen-bond acceptors (Lipinski definition) is 3. The minimum absolute atomic E-state index is 0.352. The maximum atomic E-state index is 8.69. The normalized spacial score (nSPS) is 17.9. The first-order valence-electron chi connectivity index (χ1n) is 5.26. The first-order valence-corrected chi connectivity index (χ1v) is 5.26. The van der Waals surface area contributed by atoms with E-state index in [9.17, 15) is 0 Å². The van der Waals surface area contributed by atoms with E-state index in [2.05, 4.69) is 23.6 Å². The number of benzene rings is 1. The molecule has 0 spiro atoms. The topological polar surface area (TPSA) is 47.8 Å². The Morgan fingerprint density at radius 1 is 1.40 bits per heavy atom. The van der Waals surface area contributed by atoms with E-state index in [0.29, 0.717) is 12.1 Å². The summed E-state index contributed by atoms with van der Waals surface area (Å²) in [5, 5.41) is 15.4. The third-order valence-electron chi connectivity index (χ3n) is 2.81. The fourth-order valence-electron chi connectivity index (χ4n) is 1.70. The van der Waals surface area contributed by atoms with E-state index in [4.69, 9.17) is 5.26 Å². The van der Waals surface area contributed by atoms with Crippen molar-refractivity contribution in [2.45, 2.75) is 19.0 Å². The molecular weight excluding hydrogens is 186 g/mol. The lowest BCUT2D eigenvalue weighted by Crippen LogP contribution is -2.55. The second-order valence-corrected chi connectivity index (χ2v) is 3.98. The van der Waals surface area contributed by atoms with E-state index in [1.54, 1.807) is 0 Å². The number of nitrogens with zero attached hydrogens (tertiary/aromatic N) is 1. The average molecular weight is 201 g/mol. The zero-order chi connectivity index (χ0) is 10.7. The van der Waals surface area contributed by atoms with Crippen LogP contribution in [0.4, 0.5) is 0 Å². The van der Waals surface area contributed by atoms with Crippen molar-refractivity contribution in [3.8, 4) is 6.07 Å². The Bertz CT molecular complexity index is 359. The van der Waals surface area contributed by atoms with E-state index in [0.717, 1.165) is 18.7 Å². The Kier molecular flexibility index (Phi) is 3.00. The van der Waals surface area contributed by atoms with Gasteiger partial charge in [0.1, 0.15) is 0 Å². The molecule has 1 aromatic carbocycles. The molecule has 1 atom stereocenters. The van der Waals surface area contributed by atoms with Crippen LogP contribution in [0.25, 0.3) is 0 Å². The van der Waals surface area contributed by atoms with Gasteiger partial charge in [-0.15, -0.1) is 0 Å². The van der Waals surface area contributed by atoms with Crippen molar-refractivity contribution in [3.63, 3.8) is 0 Å². The lowest BCUT2D eigenvalue weighted by atomic mass is 10.0. The molecule has 2 rings (SSSR count). The Morgan fingerprint density at radius 2 is 2.07 bits per heavy atom. The zero-order valence-corrected chi connectivity index (χ0v) is 8.83. The highest BCUT2D eigenvalue weighted by atomic mass is 15.1. The SMILES string of the molecule is CC(NC1CNC1)c1ccc(C#N)cc1. The highest BCUT2D eigenvalue weighted by molar-refractivity contribution is 5.32. The van der Waals surface area contributed by atoms with Crippen molar-refractivity contribution >= 4 is 0 Å². The summed E-state index contributed by atoms with van der Waals surface area (Å²) in [7, 11) is 0. The number of hydrogen-bond donors (Lipinski definition) is 2. The third kappa shape index (κ3) is 2.35. The van der Waals surface area contributed by atoms with Gasteiger partial charge in [-0.1, -0.05) is 12.1 Å². The maximum Gasteiger partial charge on any atom is 0.0991 e. The Hall–Kier alpha value is -1.37. The van der Waals surface area contributed by atoms with Crippen molar-refractivity contribution in [2.75, 3.05) is 13.1 Å². The molecule has 15 heavy (non-hydrogen) atoms. The lowest BCUT2D eigenvalue weighted by molar-refractivity contribution is 0.338. The minimum atomic E-state index is 0.352. The van der Waals surface area contributed by atoms with Crippen LogP contribution in [0.2, 0.25) is 0 Å². The minimum Gasteiger partial charge on any atom is -0.314 e. The van der Waals surface area contributed by atoms with Crippen molar-refractivity contribution in [2.24, 2.45) is 0 Å². The molecule has 1 unspecified atom stereocenters. The molecule has 0 radical (unpaired) electrons. The third-order valence-corrected chi connectivity index (χ3v) is 2.81. The monoisotopic (exact) mass is 201 g/mol. The summed E-state index contributed by atoms with van der Waals surface area (Å²) in [5.74, 6) is 0. The van der Waals surface area contributed by atoms with Crippen LogP contribution in [-0.2, 0) is 0 Å². The van der Waals surface area contributed by atoms with Gasteiger partial charge < -0.3 is 10.6 Å². The predicted molar refractivity (Wildman–Crippen MR) is 59.4 cm³/mol. The van der Waals surface area contributed by atoms with Gasteiger partial charge in [-0.2, -0.15) is 5.26 Å². The van der Waals surface area contributed by atoms with Crippen LogP contribution in [-0.4, -0.2) is 19.1 Å². The van der Waals surface area contributed by atoms with Crippen LogP contribution in [0.1, 0.15) is 24.1 Å². The summed E-state index contributed by atoms with van der Waals surface area (Å²) >= 11 is 0. The van der Waals surface area contributed by atoms with Gasteiger partial charge in [-0.25, -0.2) is 0 Å². The molecule has 0 aromatic heterocycles. The van der Waals surface area contributed by atoms with E-state index < -0.39 is 0 Å². The Morgan fingerprint density at radius 3 is 2.53 bits per heavy atom. The molecule has 2 N–H and O–H groups in total. The fourth-order valence-corrected chi connectivity index (χ4v) is 1.70. The van der Waals surface area contributed by atoms with Gasteiger partial charge in [0, 0.05) is 25.2 Å². The van der Waals surface area contributed by atoms with Crippen molar-refractivity contribution in [1.82, 2.24) is 10.6 Å². The molecule has 0 aliphatic carbocycles. The van der Waals surface area contributed by atoms with Gasteiger partial charge in [-0.3, -0.25) is 0 Å². The van der Waals surface area contributed by atoms with Crippen molar-refractivity contribution in [1.29, 1.82) is 5.26 Å². The molecule has 3 heteroatoms. The molecule has 1 saturated heterocycles. The molecule has 0 bridgehead atoms. The van der Waals surface area contributed by atoms with E-state index in [1.807, 2.05) is 24.3 Å². The fraction of sp³-hybridized carbons (Fsp3) is 0.417. The van der Waals surface area contributed by atoms with Gasteiger partial charge in [0.15, 0.2) is 0 Å². The van der Waals surface area contributed by atoms with Crippen molar-refractivity contribution in [3.05, 3.63) is 35.4 Å². The molecule has 1 aliphatic rings. The second kappa shape index (κ2) is 4.43. The summed E-state index contributed by atoms with van der Waals surface area (Å²) < 4.78 is 0. The number of nitriles is 1. The van der Waals surface area contributed by atoms with E-state index >= 15 is 0 Å². The van der Waals surface area contributed by atoms with E-state index in [-0.39, 0.29) is 0 Å².